The smallest absolute Gasteiger partial charge is 0.430 e. The first-order valence-electron chi connectivity index (χ1n) is 13.7. The van der Waals surface area contributed by atoms with E-state index in [0.717, 1.165) is 36.3 Å². The Kier molecular flexibility index (Phi) is 10.9. The predicted molar refractivity (Wildman–Crippen MR) is 150 cm³/mol. The summed E-state index contributed by atoms with van der Waals surface area (Å²) in [5, 5.41) is 11.1. The summed E-state index contributed by atoms with van der Waals surface area (Å²) in [6.45, 7) is 4.19. The largest absolute Gasteiger partial charge is 0.494 e. The molecule has 41 heavy (non-hydrogen) atoms. The number of hydrogen-bond acceptors (Lipinski definition) is 5. The molecule has 0 spiro atoms. The summed E-state index contributed by atoms with van der Waals surface area (Å²) in [6, 6.07) is 9.94. The van der Waals surface area contributed by atoms with Crippen LogP contribution in [-0.4, -0.2) is 72.8 Å². The average molecular weight is 599 g/mol. The van der Waals surface area contributed by atoms with Crippen molar-refractivity contribution in [3.05, 3.63) is 58.6 Å². The molecule has 11 heteroatoms. The van der Waals surface area contributed by atoms with Crippen LogP contribution in [0, 0.1) is 5.92 Å². The number of amides is 2. The van der Waals surface area contributed by atoms with Crippen LogP contribution >= 0.6 is 11.6 Å². The van der Waals surface area contributed by atoms with Crippen LogP contribution in [0.1, 0.15) is 61.9 Å². The van der Waals surface area contributed by atoms with E-state index in [1.54, 1.807) is 46.1 Å². The van der Waals surface area contributed by atoms with Crippen molar-refractivity contribution < 1.29 is 37.3 Å². The number of rotatable bonds is 11. The van der Waals surface area contributed by atoms with E-state index in [0.29, 0.717) is 35.8 Å². The third-order valence-corrected chi connectivity index (χ3v) is 7.41. The zero-order valence-electron chi connectivity index (χ0n) is 23.8. The van der Waals surface area contributed by atoms with Crippen molar-refractivity contribution in [3.63, 3.8) is 0 Å². The molecule has 1 atom stereocenters. The van der Waals surface area contributed by atoms with E-state index in [-0.39, 0.29) is 36.8 Å². The third-order valence-electron chi connectivity index (χ3n) is 7.10. The van der Waals surface area contributed by atoms with Gasteiger partial charge in [-0.05, 0) is 75.8 Å². The van der Waals surface area contributed by atoms with Crippen molar-refractivity contribution in [1.82, 2.24) is 9.80 Å². The van der Waals surface area contributed by atoms with Gasteiger partial charge in [-0.3, -0.25) is 9.59 Å². The van der Waals surface area contributed by atoms with Crippen LogP contribution in [-0.2, 0) is 10.4 Å². The Morgan fingerprint density at radius 3 is 2.34 bits per heavy atom. The topological polar surface area (TPSA) is 79.3 Å². The second-order valence-electron chi connectivity index (χ2n) is 10.8. The molecule has 0 radical (unpaired) electrons. The number of nitrogens with zero attached hydrogens (tertiary/aromatic N) is 2. The minimum absolute atomic E-state index is 0.136. The average Bonchev–Trinajstić information content (AvgIpc) is 2.91. The van der Waals surface area contributed by atoms with Crippen LogP contribution in [0.5, 0.6) is 11.5 Å². The van der Waals surface area contributed by atoms with Gasteiger partial charge in [0, 0.05) is 32.7 Å². The zero-order chi connectivity index (χ0) is 30.4. The van der Waals surface area contributed by atoms with E-state index in [4.69, 9.17) is 21.1 Å². The Morgan fingerprint density at radius 2 is 1.76 bits per heavy atom. The number of carbonyl (C=O) groups excluding carboxylic acids is 2. The van der Waals surface area contributed by atoms with E-state index in [1.165, 1.54) is 17.0 Å². The van der Waals surface area contributed by atoms with Gasteiger partial charge >= 0.3 is 6.18 Å². The number of piperidine rings is 1. The molecule has 1 aliphatic heterocycles. The van der Waals surface area contributed by atoms with Gasteiger partial charge in [-0.2, -0.15) is 13.2 Å². The SMILES string of the molecule is CC(C)Oc1cccc(C(O)(C(=O)N2CCC(CCCCOc3ccc(C(=O)N(C)C)c(Cl)c3)CC2)C(F)(F)F)c1. The van der Waals surface area contributed by atoms with Gasteiger partial charge in [0.15, 0.2) is 0 Å². The molecule has 1 heterocycles. The van der Waals surface area contributed by atoms with Crippen molar-refractivity contribution in [1.29, 1.82) is 0 Å². The molecular weight excluding hydrogens is 561 g/mol. The first-order valence-corrected chi connectivity index (χ1v) is 14.1. The molecule has 2 aromatic carbocycles. The lowest BCUT2D eigenvalue weighted by Gasteiger charge is -2.38. The molecule has 0 aromatic heterocycles. The van der Waals surface area contributed by atoms with Gasteiger partial charge in [0.25, 0.3) is 17.4 Å². The first kappa shape index (κ1) is 32.5. The molecule has 1 unspecified atom stereocenters. The molecule has 1 saturated heterocycles. The van der Waals surface area contributed by atoms with Crippen LogP contribution in [0.2, 0.25) is 5.02 Å². The molecule has 2 aromatic rings. The van der Waals surface area contributed by atoms with Gasteiger partial charge in [0.05, 0.1) is 23.3 Å². The standard InChI is InChI=1S/C30H38ClF3N2O5/c1-20(2)41-24-10-7-9-22(18-24)29(39,30(32,33)34)28(38)36-15-13-21(14-16-36)8-5-6-17-40-23-11-12-25(26(31)19-23)27(37)35(3)4/h7,9-12,18-21,39H,5-6,8,13-17H2,1-4H3. The van der Waals surface area contributed by atoms with Gasteiger partial charge in [-0.1, -0.05) is 30.2 Å². The number of unbranched alkanes of at least 4 members (excludes halogenated alkanes) is 1. The molecule has 2 amide bonds. The summed E-state index contributed by atoms with van der Waals surface area (Å²) in [4.78, 5) is 27.8. The van der Waals surface area contributed by atoms with E-state index < -0.39 is 23.2 Å². The maximum absolute atomic E-state index is 14.2. The van der Waals surface area contributed by atoms with Crippen molar-refractivity contribution in [2.24, 2.45) is 5.92 Å². The first-order chi connectivity index (χ1) is 19.2. The monoisotopic (exact) mass is 598 g/mol. The summed E-state index contributed by atoms with van der Waals surface area (Å²) < 4.78 is 53.7. The number of benzene rings is 2. The van der Waals surface area contributed by atoms with Crippen molar-refractivity contribution in [2.75, 3.05) is 33.8 Å². The third kappa shape index (κ3) is 8.07. The number of halogens is 4. The predicted octanol–water partition coefficient (Wildman–Crippen LogP) is 6.07. The number of aliphatic hydroxyl groups is 1. The highest BCUT2D eigenvalue weighted by atomic mass is 35.5. The lowest BCUT2D eigenvalue weighted by molar-refractivity contribution is -0.262. The molecule has 7 nitrogen and oxygen atoms in total. The van der Waals surface area contributed by atoms with Gasteiger partial charge in [0.2, 0.25) is 0 Å². The van der Waals surface area contributed by atoms with Crippen LogP contribution in [0.25, 0.3) is 0 Å². The summed E-state index contributed by atoms with van der Waals surface area (Å²) in [5.41, 5.74) is -3.82. The van der Waals surface area contributed by atoms with E-state index in [9.17, 15) is 27.9 Å². The lowest BCUT2D eigenvalue weighted by Crippen LogP contribution is -2.57. The quantitative estimate of drug-likeness (QED) is 0.318. The number of likely N-dealkylation sites (tertiary alicyclic amines) is 1. The fraction of sp³-hybridized carbons (Fsp3) is 0.533. The number of hydrogen-bond donors (Lipinski definition) is 1. The molecule has 0 saturated carbocycles. The Bertz CT molecular complexity index is 1200. The maximum Gasteiger partial charge on any atom is 0.430 e. The molecule has 1 aliphatic rings. The zero-order valence-corrected chi connectivity index (χ0v) is 24.6. The Labute approximate surface area is 244 Å². The second-order valence-corrected chi connectivity index (χ2v) is 11.2. The molecule has 226 valence electrons. The summed E-state index contributed by atoms with van der Waals surface area (Å²) in [6.07, 6.45) is -1.93. The summed E-state index contributed by atoms with van der Waals surface area (Å²) in [7, 11) is 3.30. The minimum atomic E-state index is -5.20. The molecule has 0 bridgehead atoms. The van der Waals surface area contributed by atoms with Gasteiger partial charge in [-0.25, -0.2) is 0 Å². The second kappa shape index (κ2) is 13.8. The summed E-state index contributed by atoms with van der Waals surface area (Å²) >= 11 is 6.22. The van der Waals surface area contributed by atoms with Crippen LogP contribution < -0.4 is 9.47 Å². The number of ether oxygens (including phenoxy) is 2. The Balaban J connectivity index is 1.49. The van der Waals surface area contributed by atoms with Gasteiger partial charge < -0.3 is 24.4 Å². The van der Waals surface area contributed by atoms with E-state index >= 15 is 0 Å². The highest BCUT2D eigenvalue weighted by Gasteiger charge is 2.62. The number of carbonyl (C=O) groups is 2. The van der Waals surface area contributed by atoms with Crippen LogP contribution in [0.4, 0.5) is 13.2 Å². The molecule has 3 rings (SSSR count). The Morgan fingerprint density at radius 1 is 1.07 bits per heavy atom. The molecule has 1 N–H and O–H groups in total. The van der Waals surface area contributed by atoms with Crippen LogP contribution in [0.3, 0.4) is 0 Å². The van der Waals surface area contributed by atoms with Crippen molar-refractivity contribution >= 4 is 23.4 Å². The highest BCUT2D eigenvalue weighted by Crippen LogP contribution is 2.42. The molecular formula is C30H38ClF3N2O5. The highest BCUT2D eigenvalue weighted by molar-refractivity contribution is 6.34. The molecule has 1 fully saturated rings. The van der Waals surface area contributed by atoms with E-state index in [2.05, 4.69) is 0 Å². The fourth-order valence-corrected chi connectivity index (χ4v) is 5.10. The molecule has 0 aliphatic carbocycles. The van der Waals surface area contributed by atoms with Gasteiger partial charge in [-0.15, -0.1) is 0 Å². The van der Waals surface area contributed by atoms with E-state index in [1.807, 2.05) is 0 Å². The van der Waals surface area contributed by atoms with Crippen LogP contribution in [0.15, 0.2) is 42.5 Å². The normalized spacial score (nSPS) is 15.9. The van der Waals surface area contributed by atoms with Crippen molar-refractivity contribution in [2.45, 2.75) is 63.8 Å². The maximum atomic E-state index is 14.2. The lowest BCUT2D eigenvalue weighted by atomic mass is 9.87. The summed E-state index contributed by atoms with van der Waals surface area (Å²) in [5.74, 6) is -0.587. The Hall–Kier alpha value is -2.98. The fourth-order valence-electron chi connectivity index (χ4n) is 4.85. The van der Waals surface area contributed by atoms with Gasteiger partial charge in [0.1, 0.15) is 11.5 Å². The number of alkyl halides is 3. The van der Waals surface area contributed by atoms with Crippen molar-refractivity contribution in [3.8, 4) is 11.5 Å². The minimum Gasteiger partial charge on any atom is -0.494 e.